The first kappa shape index (κ1) is 15.7. The van der Waals surface area contributed by atoms with Gasteiger partial charge in [-0.25, -0.2) is 0 Å². The van der Waals surface area contributed by atoms with Crippen LogP contribution >= 0.6 is 0 Å². The first-order valence-electron chi connectivity index (χ1n) is 8.65. The Morgan fingerprint density at radius 1 is 1.12 bits per heavy atom. The van der Waals surface area contributed by atoms with E-state index < -0.39 is 0 Å². The minimum atomic E-state index is -0.0964. The molecule has 0 saturated heterocycles. The molecule has 2 atom stereocenters. The van der Waals surface area contributed by atoms with E-state index in [1.54, 1.807) is 21.3 Å². The summed E-state index contributed by atoms with van der Waals surface area (Å²) in [6.07, 6.45) is 10.1. The number of hydrogen-bond donors (Lipinski definition) is 0. The number of hydrogen-bond acceptors (Lipinski definition) is 4. The van der Waals surface area contributed by atoms with Gasteiger partial charge in [-0.05, 0) is 48.2 Å². The van der Waals surface area contributed by atoms with E-state index in [-0.39, 0.29) is 11.6 Å². The number of fused-ring (bicyclic) bond motifs is 1. The van der Waals surface area contributed by atoms with Gasteiger partial charge in [0.25, 0.3) is 0 Å². The van der Waals surface area contributed by atoms with Gasteiger partial charge in [-0.1, -0.05) is 18.2 Å². The van der Waals surface area contributed by atoms with E-state index in [0.717, 1.165) is 43.9 Å². The molecule has 4 rings (SSSR count). The largest absolute Gasteiger partial charge is 0.493 e. The first-order chi connectivity index (χ1) is 11.7. The van der Waals surface area contributed by atoms with Gasteiger partial charge < -0.3 is 14.2 Å². The van der Waals surface area contributed by atoms with E-state index in [4.69, 9.17) is 14.2 Å². The molecule has 1 spiro atoms. The maximum atomic E-state index is 5.70. The smallest absolute Gasteiger partial charge is 0.161 e. The van der Waals surface area contributed by atoms with E-state index in [2.05, 4.69) is 35.3 Å². The number of methoxy groups -OCH3 is 3. The van der Waals surface area contributed by atoms with E-state index >= 15 is 0 Å². The summed E-state index contributed by atoms with van der Waals surface area (Å²) in [5.41, 5.74) is 4.02. The van der Waals surface area contributed by atoms with Gasteiger partial charge in [0.15, 0.2) is 11.5 Å². The van der Waals surface area contributed by atoms with Gasteiger partial charge in [0.2, 0.25) is 0 Å². The Hall–Kier alpha value is -1.78. The summed E-state index contributed by atoms with van der Waals surface area (Å²) in [6, 6.07) is 4.36. The summed E-state index contributed by atoms with van der Waals surface area (Å²) in [6.45, 7) is 2.10. The third kappa shape index (κ3) is 2.13. The van der Waals surface area contributed by atoms with Crippen molar-refractivity contribution in [1.29, 1.82) is 0 Å². The number of ether oxygens (including phenoxy) is 3. The molecule has 24 heavy (non-hydrogen) atoms. The summed E-state index contributed by atoms with van der Waals surface area (Å²) in [4.78, 5) is 2.61. The number of rotatable bonds is 3. The summed E-state index contributed by atoms with van der Waals surface area (Å²) >= 11 is 0. The molecule has 1 aromatic rings. The molecule has 1 aliphatic carbocycles. The minimum Gasteiger partial charge on any atom is -0.493 e. The van der Waals surface area contributed by atoms with Crippen molar-refractivity contribution < 1.29 is 14.2 Å². The van der Waals surface area contributed by atoms with Crippen LogP contribution in [0.15, 0.2) is 35.9 Å². The van der Waals surface area contributed by atoms with Crippen molar-refractivity contribution >= 4 is 0 Å². The number of aryl methyl sites for hydroxylation is 1. The van der Waals surface area contributed by atoms with Crippen molar-refractivity contribution in [2.24, 2.45) is 0 Å². The van der Waals surface area contributed by atoms with Crippen molar-refractivity contribution in [3.05, 3.63) is 47.1 Å². The summed E-state index contributed by atoms with van der Waals surface area (Å²) in [5, 5.41) is 0. The van der Waals surface area contributed by atoms with Crippen LogP contribution < -0.4 is 9.47 Å². The fourth-order valence-corrected chi connectivity index (χ4v) is 4.59. The third-order valence-electron chi connectivity index (χ3n) is 5.77. The first-order valence-corrected chi connectivity index (χ1v) is 8.65. The van der Waals surface area contributed by atoms with Gasteiger partial charge in [-0.3, -0.25) is 4.90 Å². The molecule has 4 nitrogen and oxygen atoms in total. The predicted molar refractivity (Wildman–Crippen MR) is 93.8 cm³/mol. The van der Waals surface area contributed by atoms with Gasteiger partial charge in [0.05, 0.1) is 25.9 Å². The highest BCUT2D eigenvalue weighted by molar-refractivity contribution is 5.56. The standard InChI is InChI=1S/C20H25NO3/c1-22-16-7-6-15-8-10-21-9-4-5-14-11-18(23-2)19(24-3)12-17(14)20(15,21)13-16/h6-8,11-12,16H,4-5,9-10,13H2,1-3H3/t16-,20-/m0/s1. The highest BCUT2D eigenvalue weighted by Gasteiger charge is 2.49. The molecular formula is C20H25NO3. The average molecular weight is 327 g/mol. The monoisotopic (exact) mass is 327 g/mol. The van der Waals surface area contributed by atoms with Crippen LogP contribution in [0.2, 0.25) is 0 Å². The highest BCUT2D eigenvalue weighted by atomic mass is 16.5. The summed E-state index contributed by atoms with van der Waals surface area (Å²) in [5.74, 6) is 1.63. The van der Waals surface area contributed by atoms with Gasteiger partial charge in [-0.15, -0.1) is 0 Å². The molecule has 0 fully saturated rings. The second-order valence-electron chi connectivity index (χ2n) is 6.77. The Kier molecular flexibility index (Phi) is 3.89. The molecule has 1 aromatic carbocycles. The SMILES string of the molecule is COc1cc2c(cc1OC)[C@]13C[C@@H](OC)C=CC1=CCN3CCC2. The van der Waals surface area contributed by atoms with E-state index in [9.17, 15) is 0 Å². The van der Waals surface area contributed by atoms with Gasteiger partial charge in [0, 0.05) is 20.1 Å². The van der Waals surface area contributed by atoms with Gasteiger partial charge in [-0.2, -0.15) is 0 Å². The molecule has 2 aliphatic heterocycles. The Labute approximate surface area is 143 Å². The minimum absolute atomic E-state index is 0.0964. The molecule has 0 unspecified atom stereocenters. The van der Waals surface area contributed by atoms with Crippen molar-refractivity contribution in [1.82, 2.24) is 4.90 Å². The Bertz CT molecular complexity index is 709. The molecule has 0 aromatic heterocycles. The molecular weight excluding hydrogens is 302 g/mol. The second-order valence-corrected chi connectivity index (χ2v) is 6.77. The Balaban J connectivity index is 1.93. The lowest BCUT2D eigenvalue weighted by molar-refractivity contribution is 0.0587. The number of nitrogens with zero attached hydrogens (tertiary/aromatic N) is 1. The van der Waals surface area contributed by atoms with Crippen molar-refractivity contribution in [3.8, 4) is 11.5 Å². The molecule has 3 aliphatic rings. The lowest BCUT2D eigenvalue weighted by atomic mass is 9.74. The summed E-state index contributed by atoms with van der Waals surface area (Å²) < 4.78 is 16.9. The Morgan fingerprint density at radius 3 is 2.67 bits per heavy atom. The molecule has 2 heterocycles. The predicted octanol–water partition coefficient (Wildman–Crippen LogP) is 3.06. The van der Waals surface area contributed by atoms with Crippen LogP contribution in [0.5, 0.6) is 11.5 Å². The van der Waals surface area contributed by atoms with Crippen molar-refractivity contribution in [2.45, 2.75) is 30.9 Å². The van der Waals surface area contributed by atoms with Crippen LogP contribution in [0, 0.1) is 0 Å². The quantitative estimate of drug-likeness (QED) is 0.854. The fourth-order valence-electron chi connectivity index (χ4n) is 4.59. The van der Waals surface area contributed by atoms with E-state index in [1.807, 2.05) is 0 Å². The van der Waals surface area contributed by atoms with Crippen LogP contribution in [0.1, 0.15) is 24.0 Å². The molecule has 0 N–H and O–H groups in total. The van der Waals surface area contributed by atoms with Gasteiger partial charge >= 0.3 is 0 Å². The third-order valence-corrected chi connectivity index (χ3v) is 5.77. The van der Waals surface area contributed by atoms with E-state index in [0.29, 0.717) is 0 Å². The van der Waals surface area contributed by atoms with Crippen LogP contribution in [0.4, 0.5) is 0 Å². The lowest BCUT2D eigenvalue weighted by Crippen LogP contribution is -2.47. The molecule has 0 radical (unpaired) electrons. The molecule has 128 valence electrons. The molecule has 0 bridgehead atoms. The van der Waals surface area contributed by atoms with Crippen LogP contribution in [-0.4, -0.2) is 45.4 Å². The van der Waals surface area contributed by atoms with Crippen LogP contribution in [0.3, 0.4) is 0 Å². The highest BCUT2D eigenvalue weighted by Crippen LogP contribution is 2.51. The normalized spacial score (nSPS) is 28.5. The second kappa shape index (κ2) is 5.94. The molecule has 4 heteroatoms. The zero-order valence-electron chi connectivity index (χ0n) is 14.7. The Morgan fingerprint density at radius 2 is 1.92 bits per heavy atom. The van der Waals surface area contributed by atoms with Crippen molar-refractivity contribution in [2.75, 3.05) is 34.4 Å². The zero-order chi connectivity index (χ0) is 16.7. The topological polar surface area (TPSA) is 30.9 Å². The zero-order valence-corrected chi connectivity index (χ0v) is 14.7. The fraction of sp³-hybridized carbons (Fsp3) is 0.500. The maximum Gasteiger partial charge on any atom is 0.161 e. The van der Waals surface area contributed by atoms with Gasteiger partial charge in [0.1, 0.15) is 0 Å². The maximum absolute atomic E-state index is 5.70. The average Bonchev–Trinajstić information content (AvgIpc) is 2.92. The van der Waals surface area contributed by atoms with Crippen LogP contribution in [-0.2, 0) is 16.7 Å². The summed E-state index contributed by atoms with van der Waals surface area (Å²) in [7, 11) is 5.21. The van der Waals surface area contributed by atoms with Crippen molar-refractivity contribution in [3.63, 3.8) is 0 Å². The van der Waals surface area contributed by atoms with E-state index in [1.165, 1.54) is 16.7 Å². The number of benzene rings is 1. The molecule has 0 saturated carbocycles. The lowest BCUT2D eigenvalue weighted by Gasteiger charge is -2.44. The van der Waals surface area contributed by atoms with Crippen LogP contribution in [0.25, 0.3) is 0 Å². The molecule has 0 amide bonds.